The lowest BCUT2D eigenvalue weighted by Gasteiger charge is -2.38. The van der Waals surface area contributed by atoms with Gasteiger partial charge in [-0.2, -0.15) is 0 Å². The Hall–Kier alpha value is -0.460. The van der Waals surface area contributed by atoms with Crippen molar-refractivity contribution in [3.05, 3.63) is 12.3 Å². The van der Waals surface area contributed by atoms with Gasteiger partial charge in [0, 0.05) is 18.8 Å². The molecule has 1 rings (SSSR count). The van der Waals surface area contributed by atoms with Gasteiger partial charge in [-0.15, -0.1) is 0 Å². The van der Waals surface area contributed by atoms with Crippen LogP contribution in [0.3, 0.4) is 0 Å². The van der Waals surface area contributed by atoms with Gasteiger partial charge in [0.15, 0.2) is 0 Å². The van der Waals surface area contributed by atoms with Gasteiger partial charge in [0.2, 0.25) is 0 Å². The summed E-state index contributed by atoms with van der Waals surface area (Å²) in [7, 11) is 2.17. The maximum Gasteiger partial charge on any atom is 0.0306 e. The summed E-state index contributed by atoms with van der Waals surface area (Å²) < 4.78 is 0. The van der Waals surface area contributed by atoms with Gasteiger partial charge in [0.05, 0.1) is 0 Å². The lowest BCUT2D eigenvalue weighted by Crippen LogP contribution is -2.37. The Balaban J connectivity index is 2.58. The highest BCUT2D eigenvalue weighted by atomic mass is 15.1. The molecule has 0 aromatic rings. The number of piperidine rings is 1. The summed E-state index contributed by atoms with van der Waals surface area (Å²) in [5.74, 6) is 0.761. The standard InChI is InChI=1S/C10H19N/c1-8(2)10-7-5-6-9(3)11(10)4/h8,10H,3,5-7H2,1-2,4H3. The maximum absolute atomic E-state index is 4.05. The average molecular weight is 153 g/mol. The normalized spacial score (nSPS) is 26.4. The van der Waals surface area contributed by atoms with Crippen molar-refractivity contribution in [1.29, 1.82) is 0 Å². The summed E-state index contributed by atoms with van der Waals surface area (Å²) in [5, 5.41) is 0. The largest absolute Gasteiger partial charge is 0.375 e. The third-order valence-corrected chi connectivity index (χ3v) is 2.73. The van der Waals surface area contributed by atoms with Crippen LogP contribution in [-0.4, -0.2) is 18.0 Å². The van der Waals surface area contributed by atoms with E-state index in [0.717, 1.165) is 12.0 Å². The molecular formula is C10H19N. The van der Waals surface area contributed by atoms with Crippen molar-refractivity contribution < 1.29 is 0 Å². The van der Waals surface area contributed by atoms with E-state index in [9.17, 15) is 0 Å². The van der Waals surface area contributed by atoms with Gasteiger partial charge in [-0.05, 0) is 25.2 Å². The monoisotopic (exact) mass is 153 g/mol. The molecule has 0 saturated carbocycles. The number of likely N-dealkylation sites (tertiary alicyclic amines) is 1. The summed E-state index contributed by atoms with van der Waals surface area (Å²) in [6.45, 7) is 8.64. The molecule has 64 valence electrons. The zero-order valence-corrected chi connectivity index (χ0v) is 7.93. The van der Waals surface area contributed by atoms with Crippen LogP contribution in [0.1, 0.15) is 33.1 Å². The Bertz CT molecular complexity index is 149. The van der Waals surface area contributed by atoms with E-state index < -0.39 is 0 Å². The van der Waals surface area contributed by atoms with Gasteiger partial charge in [0.25, 0.3) is 0 Å². The number of allylic oxidation sites excluding steroid dienone is 1. The minimum atomic E-state index is 0.733. The second kappa shape index (κ2) is 3.29. The Kier molecular flexibility index (Phi) is 2.58. The van der Waals surface area contributed by atoms with Crippen LogP contribution in [0.25, 0.3) is 0 Å². The first-order valence-corrected chi connectivity index (χ1v) is 4.53. The van der Waals surface area contributed by atoms with E-state index >= 15 is 0 Å². The van der Waals surface area contributed by atoms with Crippen LogP contribution >= 0.6 is 0 Å². The molecule has 11 heavy (non-hydrogen) atoms. The number of hydrogen-bond donors (Lipinski definition) is 0. The minimum Gasteiger partial charge on any atom is -0.375 e. The van der Waals surface area contributed by atoms with Crippen LogP contribution in [0.15, 0.2) is 12.3 Å². The molecule has 0 radical (unpaired) electrons. The van der Waals surface area contributed by atoms with Gasteiger partial charge in [-0.3, -0.25) is 0 Å². The van der Waals surface area contributed by atoms with E-state index in [1.165, 1.54) is 25.0 Å². The van der Waals surface area contributed by atoms with Gasteiger partial charge >= 0.3 is 0 Å². The summed E-state index contributed by atoms with van der Waals surface area (Å²) in [6, 6.07) is 0.733. The van der Waals surface area contributed by atoms with E-state index in [-0.39, 0.29) is 0 Å². The second-order valence-corrected chi connectivity index (χ2v) is 3.88. The Morgan fingerprint density at radius 2 is 2.18 bits per heavy atom. The highest BCUT2D eigenvalue weighted by Crippen LogP contribution is 2.26. The van der Waals surface area contributed by atoms with Crippen LogP contribution in [0, 0.1) is 5.92 Å². The Morgan fingerprint density at radius 1 is 1.55 bits per heavy atom. The second-order valence-electron chi connectivity index (χ2n) is 3.88. The molecule has 1 fully saturated rings. The molecule has 0 spiro atoms. The van der Waals surface area contributed by atoms with Crippen molar-refractivity contribution in [2.24, 2.45) is 5.92 Å². The average Bonchev–Trinajstić information content (AvgIpc) is 1.94. The minimum absolute atomic E-state index is 0.733. The van der Waals surface area contributed by atoms with Crippen LogP contribution < -0.4 is 0 Å². The lowest BCUT2D eigenvalue weighted by molar-refractivity contribution is 0.189. The van der Waals surface area contributed by atoms with Crippen molar-refractivity contribution >= 4 is 0 Å². The molecule has 0 amide bonds. The zero-order valence-electron chi connectivity index (χ0n) is 7.93. The Morgan fingerprint density at radius 3 is 2.64 bits per heavy atom. The van der Waals surface area contributed by atoms with Crippen LogP contribution in [0.5, 0.6) is 0 Å². The molecule has 0 aromatic carbocycles. The van der Waals surface area contributed by atoms with E-state index in [4.69, 9.17) is 0 Å². The first kappa shape index (κ1) is 8.63. The van der Waals surface area contributed by atoms with Crippen molar-refractivity contribution in [1.82, 2.24) is 4.90 Å². The molecule has 0 aromatic heterocycles. The maximum atomic E-state index is 4.05. The van der Waals surface area contributed by atoms with E-state index in [1.54, 1.807) is 0 Å². The number of rotatable bonds is 1. The first-order valence-electron chi connectivity index (χ1n) is 4.53. The predicted octanol–water partition coefficient (Wildman–Crippen LogP) is 2.64. The van der Waals surface area contributed by atoms with E-state index in [0.29, 0.717) is 0 Å². The van der Waals surface area contributed by atoms with Crippen LogP contribution in [0.4, 0.5) is 0 Å². The third-order valence-electron chi connectivity index (χ3n) is 2.73. The highest BCUT2D eigenvalue weighted by molar-refractivity contribution is 4.99. The molecule has 1 atom stereocenters. The van der Waals surface area contributed by atoms with Gasteiger partial charge in [0.1, 0.15) is 0 Å². The molecule has 1 aliphatic heterocycles. The number of nitrogens with zero attached hydrogens (tertiary/aromatic N) is 1. The third kappa shape index (κ3) is 1.76. The molecule has 1 unspecified atom stereocenters. The van der Waals surface area contributed by atoms with Crippen molar-refractivity contribution in [3.8, 4) is 0 Å². The fourth-order valence-corrected chi connectivity index (χ4v) is 1.90. The summed E-state index contributed by atoms with van der Waals surface area (Å²) >= 11 is 0. The molecular weight excluding hydrogens is 134 g/mol. The molecule has 1 aliphatic rings. The van der Waals surface area contributed by atoms with E-state index in [2.05, 4.69) is 32.4 Å². The van der Waals surface area contributed by atoms with Gasteiger partial charge in [-0.1, -0.05) is 20.4 Å². The molecule has 1 nitrogen and oxygen atoms in total. The lowest BCUT2D eigenvalue weighted by atomic mass is 9.92. The SMILES string of the molecule is C=C1CCCC(C(C)C)N1C. The topological polar surface area (TPSA) is 3.24 Å². The fourth-order valence-electron chi connectivity index (χ4n) is 1.90. The van der Waals surface area contributed by atoms with Gasteiger partial charge < -0.3 is 4.90 Å². The summed E-state index contributed by atoms with van der Waals surface area (Å²) in [5.41, 5.74) is 1.31. The van der Waals surface area contributed by atoms with Crippen molar-refractivity contribution in [3.63, 3.8) is 0 Å². The molecule has 1 heterocycles. The molecule has 1 saturated heterocycles. The van der Waals surface area contributed by atoms with Crippen molar-refractivity contribution in [2.75, 3.05) is 7.05 Å². The predicted molar refractivity (Wildman–Crippen MR) is 49.4 cm³/mol. The fraction of sp³-hybridized carbons (Fsp3) is 0.800. The van der Waals surface area contributed by atoms with Crippen LogP contribution in [-0.2, 0) is 0 Å². The molecule has 1 heteroatoms. The summed E-state index contributed by atoms with van der Waals surface area (Å²) in [4.78, 5) is 2.36. The molecule has 0 aliphatic carbocycles. The summed E-state index contributed by atoms with van der Waals surface area (Å²) in [6.07, 6.45) is 3.86. The first-order chi connectivity index (χ1) is 5.13. The smallest absolute Gasteiger partial charge is 0.0306 e. The van der Waals surface area contributed by atoms with Crippen LogP contribution in [0.2, 0.25) is 0 Å². The quantitative estimate of drug-likeness (QED) is 0.560. The highest BCUT2D eigenvalue weighted by Gasteiger charge is 2.22. The zero-order chi connectivity index (χ0) is 8.43. The molecule has 0 bridgehead atoms. The van der Waals surface area contributed by atoms with Crippen molar-refractivity contribution in [2.45, 2.75) is 39.2 Å². The number of hydrogen-bond acceptors (Lipinski definition) is 1. The Labute approximate surface area is 70.1 Å². The molecule has 0 N–H and O–H groups in total. The van der Waals surface area contributed by atoms with E-state index in [1.807, 2.05) is 0 Å². The van der Waals surface area contributed by atoms with Gasteiger partial charge in [-0.25, -0.2) is 0 Å².